The van der Waals surface area contributed by atoms with E-state index >= 15 is 0 Å². The van der Waals surface area contributed by atoms with Crippen molar-refractivity contribution in [2.24, 2.45) is 0 Å². The van der Waals surface area contributed by atoms with Gasteiger partial charge in [-0.3, -0.25) is 24.7 Å². The monoisotopic (exact) mass is 869 g/mol. The summed E-state index contributed by atoms with van der Waals surface area (Å²) < 4.78 is 10.8. The average Bonchev–Trinajstić information content (AvgIpc) is 3.26. The van der Waals surface area contributed by atoms with Crippen molar-refractivity contribution in [1.29, 1.82) is 0 Å². The summed E-state index contributed by atoms with van der Waals surface area (Å²) in [5, 5.41) is 44.8. The molecule has 1 unspecified atom stereocenters. The van der Waals surface area contributed by atoms with Crippen molar-refractivity contribution in [3.05, 3.63) is 130 Å². The molecule has 0 bridgehead atoms. The minimum atomic E-state index is -0.673. The predicted molar refractivity (Wildman–Crippen MR) is 242 cm³/mol. The SMILES string of the molecule is CC(COC(=O)Cc1ccc(Cc2ccc(CC(=O)CCCN(CCO)CCO)cc2)cc1)OC(=O)Nc1ccc(Cc2ccc(NC(=O)NCCN(CCO)CCO)cc2)cc1. The minimum absolute atomic E-state index is 0.0200. The van der Waals surface area contributed by atoms with E-state index in [0.29, 0.717) is 89.3 Å². The van der Waals surface area contributed by atoms with Crippen molar-refractivity contribution in [2.75, 3.05) is 89.5 Å². The van der Waals surface area contributed by atoms with Gasteiger partial charge >= 0.3 is 18.1 Å². The van der Waals surface area contributed by atoms with Gasteiger partial charge in [-0.15, -0.1) is 0 Å². The van der Waals surface area contributed by atoms with Crippen LogP contribution in [-0.4, -0.2) is 139 Å². The maximum atomic E-state index is 12.6. The number of anilines is 2. The summed E-state index contributed by atoms with van der Waals surface area (Å²) in [5.41, 5.74) is 7.17. The normalized spacial score (nSPS) is 11.6. The van der Waals surface area contributed by atoms with Gasteiger partial charge in [0.1, 0.15) is 18.5 Å². The second-order valence-corrected chi connectivity index (χ2v) is 15.4. The van der Waals surface area contributed by atoms with Gasteiger partial charge in [0.2, 0.25) is 0 Å². The number of carbonyl (C=O) groups excluding carboxylic acids is 4. The third-order valence-corrected chi connectivity index (χ3v) is 10.1. The van der Waals surface area contributed by atoms with Crippen LogP contribution in [0.4, 0.5) is 21.0 Å². The molecule has 0 aliphatic heterocycles. The van der Waals surface area contributed by atoms with E-state index in [1.807, 2.05) is 94.7 Å². The zero-order chi connectivity index (χ0) is 45.2. The molecule has 4 rings (SSSR count). The number of esters is 1. The number of hydrogen-bond donors (Lipinski definition) is 7. The van der Waals surface area contributed by atoms with Gasteiger partial charge in [0.25, 0.3) is 0 Å². The average molecular weight is 870 g/mol. The fourth-order valence-electron chi connectivity index (χ4n) is 6.78. The molecule has 0 aliphatic carbocycles. The van der Waals surface area contributed by atoms with E-state index in [1.165, 1.54) is 0 Å². The Morgan fingerprint density at radius 3 is 1.48 bits per heavy atom. The molecule has 0 spiro atoms. The Morgan fingerprint density at radius 1 is 0.556 bits per heavy atom. The highest BCUT2D eigenvalue weighted by molar-refractivity contribution is 5.89. The maximum Gasteiger partial charge on any atom is 0.412 e. The summed E-state index contributed by atoms with van der Waals surface area (Å²) in [6.45, 7) is 4.93. The summed E-state index contributed by atoms with van der Waals surface area (Å²) in [4.78, 5) is 53.7. The van der Waals surface area contributed by atoms with Crippen molar-refractivity contribution < 1.29 is 49.1 Å². The molecule has 0 saturated heterocycles. The maximum absolute atomic E-state index is 12.6. The smallest absolute Gasteiger partial charge is 0.412 e. The molecule has 0 heterocycles. The Balaban J connectivity index is 1.09. The molecular weight excluding hydrogens is 807 g/mol. The third-order valence-electron chi connectivity index (χ3n) is 10.1. The van der Waals surface area contributed by atoms with E-state index in [0.717, 1.165) is 33.4 Å². The van der Waals surface area contributed by atoms with Crippen LogP contribution in [0.3, 0.4) is 0 Å². The predicted octanol–water partition coefficient (Wildman–Crippen LogP) is 4.18. The molecule has 0 radical (unpaired) electrons. The molecule has 1 atom stereocenters. The largest absolute Gasteiger partial charge is 0.461 e. The van der Waals surface area contributed by atoms with Gasteiger partial charge in [-0.2, -0.15) is 0 Å². The number of aliphatic hydroxyl groups is 4. The molecule has 0 aliphatic rings. The Bertz CT molecular complexity index is 1950. The summed E-state index contributed by atoms with van der Waals surface area (Å²) in [7, 11) is 0. The molecule has 3 amide bonds. The van der Waals surface area contributed by atoms with Crippen LogP contribution in [-0.2, 0) is 44.7 Å². The number of ether oxygens (including phenoxy) is 2. The van der Waals surface area contributed by atoms with E-state index in [1.54, 1.807) is 19.1 Å². The van der Waals surface area contributed by atoms with E-state index in [-0.39, 0.29) is 51.3 Å². The number of benzene rings is 4. The van der Waals surface area contributed by atoms with Crippen LogP contribution in [0.15, 0.2) is 97.1 Å². The summed E-state index contributed by atoms with van der Waals surface area (Å²) >= 11 is 0. The van der Waals surface area contributed by atoms with Crippen LogP contribution in [0.1, 0.15) is 53.1 Å². The van der Waals surface area contributed by atoms with Crippen LogP contribution in [0, 0.1) is 0 Å². The summed E-state index contributed by atoms with van der Waals surface area (Å²) in [6, 6.07) is 30.2. The first-order valence-electron chi connectivity index (χ1n) is 21.5. The number of nitrogens with zero attached hydrogens (tertiary/aromatic N) is 2. The molecule has 0 fully saturated rings. The van der Waals surface area contributed by atoms with Crippen LogP contribution in [0.2, 0.25) is 0 Å². The molecule has 4 aromatic carbocycles. The van der Waals surface area contributed by atoms with Crippen molar-refractivity contribution in [2.45, 2.75) is 51.6 Å². The zero-order valence-corrected chi connectivity index (χ0v) is 36.2. The molecule has 63 heavy (non-hydrogen) atoms. The number of ketones is 1. The number of aliphatic hydroxyl groups excluding tert-OH is 4. The number of urea groups is 1. The molecule has 340 valence electrons. The van der Waals surface area contributed by atoms with E-state index in [9.17, 15) is 19.2 Å². The molecule has 7 N–H and O–H groups in total. The topological polar surface area (TPSA) is 210 Å². The number of hydrogen-bond acceptors (Lipinski definition) is 12. The van der Waals surface area contributed by atoms with Crippen LogP contribution in [0.25, 0.3) is 0 Å². The number of carbonyl (C=O) groups is 4. The molecule has 15 nitrogen and oxygen atoms in total. The van der Waals surface area contributed by atoms with Gasteiger partial charge in [-0.25, -0.2) is 9.59 Å². The number of Topliss-reactive ketones (excluding diaryl/α,β-unsaturated/α-hetero) is 1. The van der Waals surface area contributed by atoms with Crippen molar-refractivity contribution in [3.63, 3.8) is 0 Å². The van der Waals surface area contributed by atoms with E-state index < -0.39 is 18.2 Å². The highest BCUT2D eigenvalue weighted by atomic mass is 16.6. The lowest BCUT2D eigenvalue weighted by molar-refractivity contribution is -0.145. The Hall–Kier alpha value is -5.68. The zero-order valence-electron chi connectivity index (χ0n) is 36.2. The first kappa shape index (κ1) is 50.0. The fraction of sp³-hybridized carbons (Fsp3) is 0.417. The molecule has 4 aromatic rings. The second kappa shape index (κ2) is 28.1. The number of nitrogens with one attached hydrogen (secondary N) is 3. The van der Waals surface area contributed by atoms with Gasteiger partial charge in [-0.1, -0.05) is 72.8 Å². The summed E-state index contributed by atoms with van der Waals surface area (Å²) in [5.74, 6) is -0.276. The number of amides is 3. The van der Waals surface area contributed by atoms with Gasteiger partial charge < -0.3 is 40.5 Å². The van der Waals surface area contributed by atoms with Crippen LogP contribution in [0.5, 0.6) is 0 Å². The molecule has 0 saturated carbocycles. The van der Waals surface area contributed by atoms with Gasteiger partial charge in [-0.05, 0) is 90.4 Å². The standard InChI is InChI=1S/C48H63N5O10/c1-36(63-48(61)51-44-18-14-40(15-19-44)32-39-12-16-43(17-13-39)50-47(60)49-20-22-53(25-29-56)26-30-57)35-62-46(59)34-42-10-6-38(7-11-42)31-37-4-8-41(9-5-37)33-45(58)3-2-21-52(23-27-54)24-28-55/h4-19,36,54-57H,2-3,20-35H2,1H3,(H,51,61)(H2,49,50,60). The lowest BCUT2D eigenvalue weighted by Crippen LogP contribution is -2.39. The summed E-state index contributed by atoms with van der Waals surface area (Å²) in [6.07, 6.45) is 1.57. The minimum Gasteiger partial charge on any atom is -0.461 e. The molecule has 0 aromatic heterocycles. The van der Waals surface area contributed by atoms with Crippen molar-refractivity contribution in [1.82, 2.24) is 15.1 Å². The first-order chi connectivity index (χ1) is 30.5. The van der Waals surface area contributed by atoms with Crippen molar-refractivity contribution in [3.8, 4) is 0 Å². The van der Waals surface area contributed by atoms with Crippen molar-refractivity contribution >= 4 is 35.3 Å². The Kier molecular flexibility index (Phi) is 22.3. The second-order valence-electron chi connectivity index (χ2n) is 15.4. The highest BCUT2D eigenvalue weighted by Gasteiger charge is 2.14. The van der Waals surface area contributed by atoms with Gasteiger partial charge in [0, 0.05) is 63.5 Å². The van der Waals surface area contributed by atoms with E-state index in [2.05, 4.69) is 16.0 Å². The molecule has 15 heteroatoms. The first-order valence-corrected chi connectivity index (χ1v) is 21.5. The quantitative estimate of drug-likeness (QED) is 0.0401. The van der Waals surface area contributed by atoms with E-state index in [4.69, 9.17) is 29.9 Å². The third kappa shape index (κ3) is 19.9. The molecular formula is C48H63N5O10. The highest BCUT2D eigenvalue weighted by Crippen LogP contribution is 2.18. The van der Waals surface area contributed by atoms with Crippen LogP contribution < -0.4 is 16.0 Å². The van der Waals surface area contributed by atoms with Crippen LogP contribution >= 0.6 is 0 Å². The lowest BCUT2D eigenvalue weighted by atomic mass is 9.99. The fourth-order valence-corrected chi connectivity index (χ4v) is 6.78. The lowest BCUT2D eigenvalue weighted by Gasteiger charge is -2.20. The Morgan fingerprint density at radius 2 is 0.984 bits per heavy atom. The van der Waals surface area contributed by atoms with Gasteiger partial charge in [0.05, 0.1) is 32.8 Å². The van der Waals surface area contributed by atoms with Gasteiger partial charge in [0.15, 0.2) is 0 Å². The Labute approximate surface area is 370 Å². The number of rotatable bonds is 28.